The van der Waals surface area contributed by atoms with Gasteiger partial charge in [0.05, 0.1) is 17.6 Å². The molecule has 8 heteroatoms. The van der Waals surface area contributed by atoms with E-state index in [1.54, 1.807) is 23.1 Å². The first-order chi connectivity index (χ1) is 15.1. The van der Waals surface area contributed by atoms with Gasteiger partial charge in [0.25, 0.3) is 0 Å². The minimum absolute atomic E-state index is 0.264. The van der Waals surface area contributed by atoms with E-state index in [0.717, 1.165) is 44.9 Å². The van der Waals surface area contributed by atoms with E-state index >= 15 is 0 Å². The first-order valence-corrected chi connectivity index (χ1v) is 9.87. The van der Waals surface area contributed by atoms with Gasteiger partial charge in [-0.2, -0.15) is 5.10 Å². The van der Waals surface area contributed by atoms with Crippen LogP contribution in [-0.4, -0.2) is 29.7 Å². The molecule has 0 saturated carbocycles. The van der Waals surface area contributed by atoms with Crippen molar-refractivity contribution in [1.29, 1.82) is 0 Å². The number of nitrogens with one attached hydrogen (secondary N) is 2. The highest BCUT2D eigenvalue weighted by Gasteiger charge is 2.17. The Morgan fingerprint density at radius 1 is 1.06 bits per heavy atom. The molecule has 0 unspecified atom stereocenters. The standard InChI is InChI=1S/C23H20FN7/c1-14-5-3-8-19(28-14)21-20(16-10-17-13-27-31(2)22(17)25-12-16)29-23(30-21)26-11-15-6-4-7-18(24)9-15/h3-10,12-13H,11H2,1-2H3,(H2,26,29,30). The smallest absolute Gasteiger partial charge is 0.201 e. The molecule has 31 heavy (non-hydrogen) atoms. The molecule has 2 N–H and O–H groups in total. The summed E-state index contributed by atoms with van der Waals surface area (Å²) in [6.45, 7) is 2.39. The van der Waals surface area contributed by atoms with E-state index in [1.165, 1.54) is 12.1 Å². The number of halogens is 1. The van der Waals surface area contributed by atoms with E-state index in [1.807, 2.05) is 44.3 Å². The van der Waals surface area contributed by atoms with Crippen LogP contribution in [0.25, 0.3) is 33.7 Å². The lowest BCUT2D eigenvalue weighted by Crippen LogP contribution is -2.01. The summed E-state index contributed by atoms with van der Waals surface area (Å²) >= 11 is 0. The molecule has 0 bridgehead atoms. The number of hydrogen-bond donors (Lipinski definition) is 2. The van der Waals surface area contributed by atoms with Gasteiger partial charge in [0.15, 0.2) is 5.65 Å². The number of anilines is 1. The molecule has 4 aromatic heterocycles. The average Bonchev–Trinajstić information content (AvgIpc) is 3.36. The van der Waals surface area contributed by atoms with Crippen LogP contribution < -0.4 is 5.32 Å². The predicted octanol–water partition coefficient (Wildman–Crippen LogP) is 4.48. The average molecular weight is 413 g/mol. The van der Waals surface area contributed by atoms with Crippen molar-refractivity contribution in [3.8, 4) is 22.6 Å². The third kappa shape index (κ3) is 3.75. The minimum atomic E-state index is -0.264. The normalized spacial score (nSPS) is 11.2. The molecule has 0 atom stereocenters. The van der Waals surface area contributed by atoms with Crippen molar-refractivity contribution >= 4 is 17.0 Å². The molecule has 0 saturated heterocycles. The summed E-state index contributed by atoms with van der Waals surface area (Å²) < 4.78 is 15.2. The van der Waals surface area contributed by atoms with Gasteiger partial charge >= 0.3 is 0 Å². The molecule has 0 fully saturated rings. The van der Waals surface area contributed by atoms with Crippen LogP contribution in [-0.2, 0) is 13.6 Å². The summed E-state index contributed by atoms with van der Waals surface area (Å²) in [5.41, 5.74) is 5.70. The summed E-state index contributed by atoms with van der Waals surface area (Å²) in [6.07, 6.45) is 3.57. The number of imidazole rings is 1. The van der Waals surface area contributed by atoms with Gasteiger partial charge in [-0.05, 0) is 42.8 Å². The molecule has 5 rings (SSSR count). The lowest BCUT2D eigenvalue weighted by molar-refractivity contribution is 0.626. The van der Waals surface area contributed by atoms with Crippen molar-refractivity contribution < 1.29 is 4.39 Å². The second-order valence-electron chi connectivity index (χ2n) is 7.36. The maximum absolute atomic E-state index is 13.5. The van der Waals surface area contributed by atoms with E-state index in [-0.39, 0.29) is 5.82 Å². The zero-order chi connectivity index (χ0) is 21.4. The molecule has 7 nitrogen and oxygen atoms in total. The molecule has 0 radical (unpaired) electrons. The quantitative estimate of drug-likeness (QED) is 0.444. The SMILES string of the molecule is Cc1cccc(-c2[nH]c(NCc3cccc(F)c3)nc2-c2cnc3c(cnn3C)c2)n1. The topological polar surface area (TPSA) is 84.3 Å². The number of aromatic amines is 1. The Morgan fingerprint density at radius 3 is 2.77 bits per heavy atom. The van der Waals surface area contributed by atoms with Gasteiger partial charge in [-0.1, -0.05) is 18.2 Å². The highest BCUT2D eigenvalue weighted by Crippen LogP contribution is 2.31. The molecule has 154 valence electrons. The van der Waals surface area contributed by atoms with Crippen molar-refractivity contribution in [3.05, 3.63) is 78.0 Å². The number of benzene rings is 1. The first kappa shape index (κ1) is 18.9. The van der Waals surface area contributed by atoms with E-state index in [0.29, 0.717) is 12.5 Å². The Labute approximate surface area is 178 Å². The van der Waals surface area contributed by atoms with Crippen LogP contribution in [0.2, 0.25) is 0 Å². The predicted molar refractivity (Wildman–Crippen MR) is 118 cm³/mol. The van der Waals surface area contributed by atoms with E-state index < -0.39 is 0 Å². The fourth-order valence-electron chi connectivity index (χ4n) is 3.54. The van der Waals surface area contributed by atoms with Crippen molar-refractivity contribution in [2.24, 2.45) is 7.05 Å². The van der Waals surface area contributed by atoms with Crippen LogP contribution in [0.5, 0.6) is 0 Å². The third-order valence-corrected chi connectivity index (χ3v) is 5.04. The molecule has 1 aromatic carbocycles. The second-order valence-corrected chi connectivity index (χ2v) is 7.36. The van der Waals surface area contributed by atoms with E-state index in [9.17, 15) is 4.39 Å². The maximum Gasteiger partial charge on any atom is 0.201 e. The number of H-pyrrole nitrogens is 1. The van der Waals surface area contributed by atoms with E-state index in [2.05, 4.69) is 25.4 Å². The zero-order valence-electron chi connectivity index (χ0n) is 17.1. The Morgan fingerprint density at radius 2 is 1.94 bits per heavy atom. The molecule has 4 heterocycles. The van der Waals surface area contributed by atoms with Gasteiger partial charge in [0.2, 0.25) is 5.95 Å². The lowest BCUT2D eigenvalue weighted by Gasteiger charge is -2.04. The number of hydrogen-bond acceptors (Lipinski definition) is 5. The van der Waals surface area contributed by atoms with Crippen molar-refractivity contribution in [2.75, 3.05) is 5.32 Å². The lowest BCUT2D eigenvalue weighted by atomic mass is 10.1. The Balaban J connectivity index is 1.56. The van der Waals surface area contributed by atoms with Gasteiger partial charge < -0.3 is 10.3 Å². The van der Waals surface area contributed by atoms with Gasteiger partial charge in [0.1, 0.15) is 11.5 Å². The van der Waals surface area contributed by atoms with Crippen LogP contribution in [0.15, 0.2) is 60.9 Å². The molecular formula is C23H20FN7. The van der Waals surface area contributed by atoms with Gasteiger partial charge in [0, 0.05) is 36.4 Å². The number of pyridine rings is 2. The van der Waals surface area contributed by atoms with Crippen LogP contribution in [0.1, 0.15) is 11.3 Å². The Hall–Kier alpha value is -4.07. The van der Waals surface area contributed by atoms with Crippen LogP contribution >= 0.6 is 0 Å². The molecule has 0 aliphatic heterocycles. The first-order valence-electron chi connectivity index (χ1n) is 9.87. The molecule has 0 spiro atoms. The Kier molecular flexibility index (Phi) is 4.66. The summed E-state index contributed by atoms with van der Waals surface area (Å²) in [5.74, 6) is 0.309. The Bertz CT molecular complexity index is 1390. The highest BCUT2D eigenvalue weighted by molar-refractivity contribution is 5.84. The third-order valence-electron chi connectivity index (χ3n) is 5.04. The minimum Gasteiger partial charge on any atom is -0.352 e. The second kappa shape index (κ2) is 7.64. The summed E-state index contributed by atoms with van der Waals surface area (Å²) in [6, 6.07) is 14.4. The van der Waals surface area contributed by atoms with Gasteiger partial charge in [-0.15, -0.1) is 0 Å². The number of fused-ring (bicyclic) bond motifs is 1. The van der Waals surface area contributed by atoms with Crippen LogP contribution in [0.4, 0.5) is 10.3 Å². The van der Waals surface area contributed by atoms with E-state index in [4.69, 9.17) is 4.98 Å². The van der Waals surface area contributed by atoms with Crippen molar-refractivity contribution in [1.82, 2.24) is 29.7 Å². The number of rotatable bonds is 5. The zero-order valence-corrected chi connectivity index (χ0v) is 17.1. The summed E-state index contributed by atoms with van der Waals surface area (Å²) in [7, 11) is 1.86. The summed E-state index contributed by atoms with van der Waals surface area (Å²) in [5, 5.41) is 8.45. The van der Waals surface area contributed by atoms with Crippen molar-refractivity contribution in [2.45, 2.75) is 13.5 Å². The number of aromatic nitrogens is 6. The summed E-state index contributed by atoms with van der Waals surface area (Å²) in [4.78, 5) is 17.3. The molecule has 0 aliphatic rings. The van der Waals surface area contributed by atoms with Crippen LogP contribution in [0, 0.1) is 12.7 Å². The molecular weight excluding hydrogens is 393 g/mol. The number of aryl methyl sites for hydroxylation is 2. The van der Waals surface area contributed by atoms with Gasteiger partial charge in [-0.25, -0.2) is 14.4 Å². The molecule has 0 aliphatic carbocycles. The fourth-order valence-corrected chi connectivity index (χ4v) is 3.54. The monoisotopic (exact) mass is 413 g/mol. The van der Waals surface area contributed by atoms with Crippen LogP contribution in [0.3, 0.4) is 0 Å². The number of nitrogens with zero attached hydrogens (tertiary/aromatic N) is 5. The molecule has 0 amide bonds. The highest BCUT2D eigenvalue weighted by atomic mass is 19.1. The maximum atomic E-state index is 13.5. The largest absolute Gasteiger partial charge is 0.352 e. The van der Waals surface area contributed by atoms with Crippen molar-refractivity contribution in [3.63, 3.8) is 0 Å². The molecule has 5 aromatic rings. The fraction of sp³-hybridized carbons (Fsp3) is 0.130. The van der Waals surface area contributed by atoms with Gasteiger partial charge in [-0.3, -0.25) is 9.67 Å².